The van der Waals surface area contributed by atoms with Crippen molar-refractivity contribution in [1.82, 2.24) is 10.2 Å². The van der Waals surface area contributed by atoms with E-state index in [9.17, 15) is 4.79 Å². The molecule has 0 bridgehead atoms. The van der Waals surface area contributed by atoms with Crippen molar-refractivity contribution in [2.45, 2.75) is 6.10 Å². The summed E-state index contributed by atoms with van der Waals surface area (Å²) in [5.41, 5.74) is 1.09. The number of hydrogen-bond acceptors (Lipinski definition) is 4. The van der Waals surface area contributed by atoms with Gasteiger partial charge in [-0.3, -0.25) is 4.79 Å². The number of nitrogens with zero attached hydrogens (tertiary/aromatic N) is 1. The van der Waals surface area contributed by atoms with Crippen molar-refractivity contribution in [3.8, 4) is 0 Å². The molecule has 0 aromatic heterocycles. The molecule has 0 spiro atoms. The van der Waals surface area contributed by atoms with Gasteiger partial charge in [0.05, 0.1) is 26.3 Å². The molecule has 1 saturated heterocycles. The van der Waals surface area contributed by atoms with Crippen molar-refractivity contribution in [2.24, 2.45) is 0 Å². The molecule has 21 heavy (non-hydrogen) atoms. The number of carbonyl (C=O) groups is 1. The van der Waals surface area contributed by atoms with E-state index in [1.54, 1.807) is 7.11 Å². The van der Waals surface area contributed by atoms with Crippen molar-refractivity contribution in [3.05, 3.63) is 34.3 Å². The Balaban J connectivity index is 1.87. The van der Waals surface area contributed by atoms with Gasteiger partial charge in [0.2, 0.25) is 5.91 Å². The molecule has 1 amide bonds. The summed E-state index contributed by atoms with van der Waals surface area (Å²) in [5.74, 6) is 0.106. The van der Waals surface area contributed by atoms with Crippen LogP contribution in [0.3, 0.4) is 0 Å². The van der Waals surface area contributed by atoms with Crippen LogP contribution in [0.15, 0.2) is 28.7 Å². The number of rotatable bonds is 6. The number of methoxy groups -OCH3 is 1. The molecule has 1 N–H and O–H groups in total. The average molecular weight is 357 g/mol. The van der Waals surface area contributed by atoms with E-state index in [-0.39, 0.29) is 12.0 Å². The van der Waals surface area contributed by atoms with E-state index in [2.05, 4.69) is 21.2 Å². The van der Waals surface area contributed by atoms with Gasteiger partial charge in [0.25, 0.3) is 0 Å². The molecule has 1 fully saturated rings. The van der Waals surface area contributed by atoms with Crippen LogP contribution in [0.5, 0.6) is 0 Å². The Bertz CT molecular complexity index is 470. The van der Waals surface area contributed by atoms with Crippen molar-refractivity contribution in [3.63, 3.8) is 0 Å². The van der Waals surface area contributed by atoms with Gasteiger partial charge in [0.1, 0.15) is 6.10 Å². The first-order valence-electron chi connectivity index (χ1n) is 7.05. The van der Waals surface area contributed by atoms with Crippen molar-refractivity contribution >= 4 is 21.8 Å². The Hall–Kier alpha value is -0.950. The zero-order chi connectivity index (χ0) is 15.1. The molecule has 1 aliphatic heterocycles. The highest BCUT2D eigenvalue weighted by Crippen LogP contribution is 2.24. The normalized spacial score (nSPS) is 18.8. The van der Waals surface area contributed by atoms with Crippen LogP contribution in [0, 0.1) is 0 Å². The fourth-order valence-corrected chi connectivity index (χ4v) is 2.68. The van der Waals surface area contributed by atoms with E-state index in [1.165, 1.54) is 0 Å². The summed E-state index contributed by atoms with van der Waals surface area (Å²) in [6.07, 6.45) is -0.0563. The SMILES string of the molecule is COCCNCC(=O)N1CCOC(c2cccc(Br)c2)C1. The maximum Gasteiger partial charge on any atom is 0.236 e. The molecule has 2 rings (SSSR count). The molecule has 1 unspecified atom stereocenters. The Morgan fingerprint density at radius 3 is 3.19 bits per heavy atom. The van der Waals surface area contributed by atoms with Crippen LogP contribution in [0.1, 0.15) is 11.7 Å². The number of nitrogens with one attached hydrogen (secondary N) is 1. The highest BCUT2D eigenvalue weighted by Gasteiger charge is 2.25. The Morgan fingerprint density at radius 2 is 2.43 bits per heavy atom. The monoisotopic (exact) mass is 356 g/mol. The summed E-state index contributed by atoms with van der Waals surface area (Å²) in [4.78, 5) is 14.0. The van der Waals surface area contributed by atoms with Gasteiger partial charge in [0.15, 0.2) is 0 Å². The standard InChI is InChI=1S/C15H21BrN2O3/c1-20-7-5-17-10-15(19)18-6-8-21-14(11-18)12-3-2-4-13(16)9-12/h2-4,9,14,17H,5-8,10-11H2,1H3. The first kappa shape index (κ1) is 16.4. The number of ether oxygens (including phenoxy) is 2. The van der Waals surface area contributed by atoms with Gasteiger partial charge in [-0.05, 0) is 17.7 Å². The van der Waals surface area contributed by atoms with E-state index < -0.39 is 0 Å². The van der Waals surface area contributed by atoms with Crippen LogP contribution in [0.4, 0.5) is 0 Å². The summed E-state index contributed by atoms with van der Waals surface area (Å²) in [6, 6.07) is 8.03. The molecule has 0 radical (unpaired) electrons. The lowest BCUT2D eigenvalue weighted by Crippen LogP contribution is -2.46. The van der Waals surface area contributed by atoms with Crippen molar-refractivity contribution in [1.29, 1.82) is 0 Å². The topological polar surface area (TPSA) is 50.8 Å². The van der Waals surface area contributed by atoms with E-state index >= 15 is 0 Å². The Morgan fingerprint density at radius 1 is 1.57 bits per heavy atom. The van der Waals surface area contributed by atoms with Gasteiger partial charge in [0, 0.05) is 24.7 Å². The van der Waals surface area contributed by atoms with Gasteiger partial charge in [-0.1, -0.05) is 28.1 Å². The van der Waals surface area contributed by atoms with E-state index in [4.69, 9.17) is 9.47 Å². The number of carbonyl (C=O) groups excluding carboxylic acids is 1. The van der Waals surface area contributed by atoms with Gasteiger partial charge in [-0.2, -0.15) is 0 Å². The zero-order valence-corrected chi connectivity index (χ0v) is 13.8. The molecule has 5 nitrogen and oxygen atoms in total. The van der Waals surface area contributed by atoms with Crippen molar-refractivity contribution in [2.75, 3.05) is 46.5 Å². The van der Waals surface area contributed by atoms with E-state index in [0.29, 0.717) is 39.4 Å². The molecule has 1 aromatic rings. The fourth-order valence-electron chi connectivity index (χ4n) is 2.27. The number of benzene rings is 1. The van der Waals surface area contributed by atoms with Gasteiger partial charge in [-0.25, -0.2) is 0 Å². The number of hydrogen-bond donors (Lipinski definition) is 1. The molecular formula is C15H21BrN2O3. The molecule has 1 aromatic carbocycles. The lowest BCUT2D eigenvalue weighted by Gasteiger charge is -2.33. The number of morpholine rings is 1. The molecule has 1 aliphatic rings. The third-order valence-corrected chi connectivity index (χ3v) is 3.89. The van der Waals surface area contributed by atoms with Gasteiger partial charge in [-0.15, -0.1) is 0 Å². The second-order valence-corrected chi connectivity index (χ2v) is 5.84. The van der Waals surface area contributed by atoms with Crippen LogP contribution in [-0.4, -0.2) is 57.3 Å². The zero-order valence-electron chi connectivity index (χ0n) is 12.2. The molecule has 0 saturated carbocycles. The summed E-state index contributed by atoms with van der Waals surface area (Å²) in [6.45, 7) is 3.45. The van der Waals surface area contributed by atoms with Gasteiger partial charge >= 0.3 is 0 Å². The second kappa shape index (κ2) is 8.48. The maximum atomic E-state index is 12.2. The lowest BCUT2D eigenvalue weighted by molar-refractivity contribution is -0.138. The first-order chi connectivity index (χ1) is 10.2. The second-order valence-electron chi connectivity index (χ2n) is 4.92. The minimum Gasteiger partial charge on any atom is -0.383 e. The Kier molecular flexibility index (Phi) is 6.63. The summed E-state index contributed by atoms with van der Waals surface area (Å²) in [7, 11) is 1.65. The van der Waals surface area contributed by atoms with Crippen LogP contribution in [0.25, 0.3) is 0 Å². The summed E-state index contributed by atoms with van der Waals surface area (Å²) in [5, 5.41) is 3.08. The smallest absolute Gasteiger partial charge is 0.236 e. The largest absolute Gasteiger partial charge is 0.383 e. The average Bonchev–Trinajstić information content (AvgIpc) is 2.51. The molecule has 1 atom stereocenters. The van der Waals surface area contributed by atoms with E-state index in [1.807, 2.05) is 29.2 Å². The quantitative estimate of drug-likeness (QED) is 0.786. The van der Waals surface area contributed by atoms with Crippen LogP contribution >= 0.6 is 15.9 Å². The summed E-state index contributed by atoms with van der Waals surface area (Å²) >= 11 is 3.46. The molecular weight excluding hydrogens is 336 g/mol. The minimum atomic E-state index is -0.0563. The lowest BCUT2D eigenvalue weighted by atomic mass is 10.1. The van der Waals surface area contributed by atoms with Crippen LogP contribution in [0.2, 0.25) is 0 Å². The maximum absolute atomic E-state index is 12.2. The summed E-state index contributed by atoms with van der Waals surface area (Å²) < 4.78 is 11.8. The molecule has 1 heterocycles. The minimum absolute atomic E-state index is 0.0563. The molecule has 6 heteroatoms. The predicted molar refractivity (Wildman–Crippen MR) is 84.2 cm³/mol. The fraction of sp³-hybridized carbons (Fsp3) is 0.533. The van der Waals surface area contributed by atoms with Crippen molar-refractivity contribution < 1.29 is 14.3 Å². The molecule has 0 aliphatic carbocycles. The predicted octanol–water partition coefficient (Wildman–Crippen LogP) is 1.59. The first-order valence-corrected chi connectivity index (χ1v) is 7.84. The van der Waals surface area contributed by atoms with Crippen LogP contribution in [-0.2, 0) is 14.3 Å². The van der Waals surface area contributed by atoms with E-state index in [0.717, 1.165) is 10.0 Å². The highest BCUT2D eigenvalue weighted by molar-refractivity contribution is 9.10. The number of amides is 1. The van der Waals surface area contributed by atoms with Gasteiger partial charge < -0.3 is 19.7 Å². The third kappa shape index (κ3) is 5.07. The van der Waals surface area contributed by atoms with Crippen LogP contribution < -0.4 is 5.32 Å². The third-order valence-electron chi connectivity index (χ3n) is 3.40. The highest BCUT2D eigenvalue weighted by atomic mass is 79.9. The molecule has 116 valence electrons. The Labute approximate surface area is 133 Å². The number of halogens is 1.